The van der Waals surface area contributed by atoms with E-state index in [-0.39, 0.29) is 29.6 Å². The molecule has 0 aliphatic carbocycles. The molecule has 28 valence electrons. The third-order valence-corrected chi connectivity index (χ3v) is 0.217. The molecule has 0 amide bonds. The van der Waals surface area contributed by atoms with Crippen molar-refractivity contribution < 1.29 is 4.74 Å². The first-order valence-corrected chi connectivity index (χ1v) is 1.45. The molecule has 0 aromatic carbocycles. The van der Waals surface area contributed by atoms with Gasteiger partial charge in [-0.2, -0.15) is 0 Å². The van der Waals surface area contributed by atoms with Crippen molar-refractivity contribution in [1.29, 1.82) is 0 Å². The van der Waals surface area contributed by atoms with Crippen LogP contribution in [0.15, 0.2) is 0 Å². The summed E-state index contributed by atoms with van der Waals surface area (Å²) in [5.74, 6) is 0. The maximum Gasteiger partial charge on any atom is 0.124 e. The minimum Gasteiger partial charge on any atom is -0.446 e. The zero-order chi connectivity index (χ0) is 4.12. The fourth-order valence-corrected chi connectivity index (χ4v) is 0.0722. The molecule has 0 aromatic rings. The smallest absolute Gasteiger partial charge is 0.124 e. The molecule has 0 fully saturated rings. The van der Waals surface area contributed by atoms with Gasteiger partial charge in [0.25, 0.3) is 0 Å². The van der Waals surface area contributed by atoms with Gasteiger partial charge in [0.15, 0.2) is 0 Å². The van der Waals surface area contributed by atoms with E-state index >= 15 is 0 Å². The van der Waals surface area contributed by atoms with Crippen LogP contribution in [0.25, 0.3) is 0 Å². The molecule has 0 heterocycles. The Morgan fingerprint density at radius 2 is 2.33 bits per heavy atom. The second-order valence-corrected chi connectivity index (χ2v) is 0.535. The molecule has 0 unspecified atom stereocenters. The summed E-state index contributed by atoms with van der Waals surface area (Å²) < 4.78 is 4.25. The standard InChI is InChI=1S/C4H5O.Na/c1-3-5-4-2;/h3H2,1H3;. The molecular formula is C4H5NaO. The topological polar surface area (TPSA) is 9.23 Å². The molecule has 0 N–H and O–H groups in total. The zero-order valence-electron chi connectivity index (χ0n) is 4.12. The third kappa shape index (κ3) is 8.84. The van der Waals surface area contributed by atoms with Crippen molar-refractivity contribution in [3.63, 3.8) is 0 Å². The van der Waals surface area contributed by atoms with Crippen molar-refractivity contribution in [2.75, 3.05) is 6.61 Å². The summed E-state index contributed by atoms with van der Waals surface area (Å²) >= 11 is 0. The molecule has 6 heavy (non-hydrogen) atoms. The van der Waals surface area contributed by atoms with Gasteiger partial charge in [-0.3, -0.25) is 0 Å². The Hall–Kier alpha value is 0.360. The van der Waals surface area contributed by atoms with Crippen LogP contribution in [0.2, 0.25) is 0 Å². The van der Waals surface area contributed by atoms with Gasteiger partial charge in [0.2, 0.25) is 0 Å². The minimum atomic E-state index is 0. The van der Waals surface area contributed by atoms with Gasteiger partial charge in [-0.25, -0.2) is 0 Å². The second kappa shape index (κ2) is 9.03. The van der Waals surface area contributed by atoms with E-state index < -0.39 is 0 Å². The van der Waals surface area contributed by atoms with Gasteiger partial charge in [-0.15, -0.1) is 0 Å². The van der Waals surface area contributed by atoms with Crippen LogP contribution >= 0.6 is 0 Å². The molecule has 0 spiro atoms. The fourth-order valence-electron chi connectivity index (χ4n) is 0.0722. The monoisotopic (exact) mass is 92.0 g/mol. The first kappa shape index (κ1) is 9.61. The minimum absolute atomic E-state index is 0. The Kier molecular flexibility index (Phi) is 14.5. The number of rotatable bonds is 1. The number of hydrogen-bond donors (Lipinski definition) is 0. The molecule has 2 radical (unpaired) electrons. The van der Waals surface area contributed by atoms with E-state index in [9.17, 15) is 0 Å². The molecule has 0 aliphatic heterocycles. The van der Waals surface area contributed by atoms with Gasteiger partial charge >= 0.3 is 0 Å². The Bertz CT molecular complexity index is 46.0. The van der Waals surface area contributed by atoms with Crippen LogP contribution in [0, 0.1) is 12.5 Å². The summed E-state index contributed by atoms with van der Waals surface area (Å²) in [6, 6.07) is 0. The van der Waals surface area contributed by atoms with E-state index in [1.807, 2.05) is 6.92 Å². The molecule has 2 heteroatoms. The van der Waals surface area contributed by atoms with Crippen molar-refractivity contribution in [2.24, 2.45) is 0 Å². The molecule has 0 aliphatic rings. The molecule has 1 nitrogen and oxygen atoms in total. The molecule has 0 saturated carbocycles. The van der Waals surface area contributed by atoms with Gasteiger partial charge in [0.1, 0.15) is 6.11 Å². The van der Waals surface area contributed by atoms with Crippen LogP contribution in [-0.4, -0.2) is 36.2 Å². The average molecular weight is 92.1 g/mol. The second-order valence-electron chi connectivity index (χ2n) is 0.535. The van der Waals surface area contributed by atoms with Crippen molar-refractivity contribution in [3.8, 4) is 6.11 Å². The fraction of sp³-hybridized carbons (Fsp3) is 0.500. The van der Waals surface area contributed by atoms with E-state index in [2.05, 4.69) is 4.74 Å². The third-order valence-electron chi connectivity index (χ3n) is 0.217. The summed E-state index contributed by atoms with van der Waals surface area (Å²) in [6.07, 6.45) is 7.90. The average Bonchev–Trinajstić information content (AvgIpc) is 1.41. The molecule has 0 bridgehead atoms. The summed E-state index contributed by atoms with van der Waals surface area (Å²) in [6.45, 7) is 2.35. The number of ether oxygens (including phenoxy) is 1. The van der Waals surface area contributed by atoms with Crippen molar-refractivity contribution in [2.45, 2.75) is 6.92 Å². The Balaban J connectivity index is 0. The largest absolute Gasteiger partial charge is 0.446 e. The van der Waals surface area contributed by atoms with Gasteiger partial charge in [-0.05, 0) is 6.92 Å². The number of hydrogen-bond acceptors (Lipinski definition) is 1. The molecule has 0 rings (SSSR count). The van der Waals surface area contributed by atoms with Crippen LogP contribution in [0.4, 0.5) is 0 Å². The first-order chi connectivity index (χ1) is 2.41. The normalized spacial score (nSPS) is 4.67. The summed E-state index contributed by atoms with van der Waals surface area (Å²) in [5, 5.41) is 0. The quantitative estimate of drug-likeness (QED) is 0.331. The maximum absolute atomic E-state index is 6.13. The predicted octanol–water partition coefficient (Wildman–Crippen LogP) is 0.189. The van der Waals surface area contributed by atoms with Crippen LogP contribution < -0.4 is 0 Å². The van der Waals surface area contributed by atoms with Crippen molar-refractivity contribution in [3.05, 3.63) is 6.42 Å². The van der Waals surface area contributed by atoms with E-state index in [0.717, 1.165) is 0 Å². The molecule has 0 saturated heterocycles. The van der Waals surface area contributed by atoms with E-state index in [1.54, 1.807) is 6.11 Å². The Morgan fingerprint density at radius 3 is 2.33 bits per heavy atom. The molecular weight excluding hydrogens is 87.0 g/mol. The Morgan fingerprint density at radius 1 is 1.83 bits per heavy atom. The van der Waals surface area contributed by atoms with E-state index in [0.29, 0.717) is 6.61 Å². The van der Waals surface area contributed by atoms with Crippen LogP contribution in [0.3, 0.4) is 0 Å². The van der Waals surface area contributed by atoms with Crippen molar-refractivity contribution >= 4 is 29.6 Å². The maximum atomic E-state index is 6.13. The van der Waals surface area contributed by atoms with Crippen LogP contribution in [0.5, 0.6) is 0 Å². The van der Waals surface area contributed by atoms with Gasteiger partial charge in [-0.1, -0.05) is 0 Å². The molecule has 0 aromatic heterocycles. The van der Waals surface area contributed by atoms with Crippen LogP contribution in [0.1, 0.15) is 6.92 Å². The van der Waals surface area contributed by atoms with Crippen LogP contribution in [-0.2, 0) is 4.74 Å². The summed E-state index contributed by atoms with van der Waals surface area (Å²) in [4.78, 5) is 0. The summed E-state index contributed by atoms with van der Waals surface area (Å²) in [7, 11) is 0. The Labute approximate surface area is 60.4 Å². The first-order valence-electron chi connectivity index (χ1n) is 1.45. The van der Waals surface area contributed by atoms with Gasteiger partial charge in [0, 0.05) is 36.0 Å². The molecule has 0 atom stereocenters. The van der Waals surface area contributed by atoms with E-state index in [1.165, 1.54) is 0 Å². The predicted molar refractivity (Wildman–Crippen MR) is 24.5 cm³/mol. The summed E-state index contributed by atoms with van der Waals surface area (Å²) in [5.41, 5.74) is 0. The van der Waals surface area contributed by atoms with Crippen molar-refractivity contribution in [1.82, 2.24) is 0 Å². The van der Waals surface area contributed by atoms with Gasteiger partial charge in [0.05, 0.1) is 6.61 Å². The SMILES string of the molecule is [C]#COCC.[Na]. The zero-order valence-corrected chi connectivity index (χ0v) is 6.12. The van der Waals surface area contributed by atoms with Gasteiger partial charge < -0.3 is 4.74 Å². The van der Waals surface area contributed by atoms with E-state index in [4.69, 9.17) is 6.42 Å².